The van der Waals surface area contributed by atoms with Gasteiger partial charge in [-0.15, -0.1) is 0 Å². The normalized spacial score (nSPS) is 16.6. The van der Waals surface area contributed by atoms with Crippen molar-refractivity contribution in [1.29, 1.82) is 0 Å². The van der Waals surface area contributed by atoms with E-state index >= 15 is 0 Å². The molecule has 1 aromatic carbocycles. The minimum atomic E-state index is 0.887. The van der Waals surface area contributed by atoms with Crippen LogP contribution < -0.4 is 4.90 Å². The number of hydrogen-bond acceptors (Lipinski definition) is 4. The molecule has 0 aliphatic carbocycles. The molecule has 1 aliphatic rings. The highest BCUT2D eigenvalue weighted by atomic mass is 15.3. The Morgan fingerprint density at radius 1 is 1.10 bits per heavy atom. The minimum Gasteiger partial charge on any atom is -0.369 e. The zero-order chi connectivity index (χ0) is 13.9. The maximum Gasteiger partial charge on any atom is 0.140 e. The second-order valence-corrected chi connectivity index (χ2v) is 5.35. The van der Waals surface area contributed by atoms with Gasteiger partial charge in [0.2, 0.25) is 0 Å². The molecule has 20 heavy (non-hydrogen) atoms. The van der Waals surface area contributed by atoms with Crippen molar-refractivity contribution >= 4 is 5.69 Å². The lowest BCUT2D eigenvalue weighted by Gasteiger charge is -2.36. The maximum atomic E-state index is 4.30. The van der Waals surface area contributed by atoms with Gasteiger partial charge in [-0.05, 0) is 18.6 Å². The van der Waals surface area contributed by atoms with Gasteiger partial charge in [0.05, 0.1) is 6.54 Å². The van der Waals surface area contributed by atoms with Crippen molar-refractivity contribution in [2.75, 3.05) is 31.1 Å². The van der Waals surface area contributed by atoms with Crippen LogP contribution in [0.1, 0.15) is 11.4 Å². The Morgan fingerprint density at radius 2 is 1.85 bits per heavy atom. The van der Waals surface area contributed by atoms with Crippen LogP contribution in [0.2, 0.25) is 0 Å². The largest absolute Gasteiger partial charge is 0.369 e. The van der Waals surface area contributed by atoms with E-state index in [1.807, 2.05) is 11.7 Å². The lowest BCUT2D eigenvalue weighted by atomic mass is 10.1. The molecule has 3 rings (SSSR count). The molecule has 1 aliphatic heterocycles. The van der Waals surface area contributed by atoms with Gasteiger partial charge in [0.15, 0.2) is 0 Å². The number of nitrogens with zero attached hydrogens (tertiary/aromatic N) is 5. The standard InChI is InChI=1S/C15H21N5/c1-13-5-3-4-6-14(13)20-9-7-19(8-10-20)11-15-16-12-17-18(15)2/h3-6,12H,7-11H2,1-2H3. The van der Waals surface area contributed by atoms with Crippen LogP contribution in [0.5, 0.6) is 0 Å². The minimum absolute atomic E-state index is 0.887. The zero-order valence-electron chi connectivity index (χ0n) is 12.2. The third-order valence-corrected chi connectivity index (χ3v) is 4.00. The molecule has 5 nitrogen and oxygen atoms in total. The summed E-state index contributed by atoms with van der Waals surface area (Å²) in [7, 11) is 1.95. The first-order valence-electron chi connectivity index (χ1n) is 7.10. The average molecular weight is 271 g/mol. The van der Waals surface area contributed by atoms with Gasteiger partial charge >= 0.3 is 0 Å². The van der Waals surface area contributed by atoms with Crippen LogP contribution in [0, 0.1) is 6.92 Å². The highest BCUT2D eigenvalue weighted by molar-refractivity contribution is 5.53. The van der Waals surface area contributed by atoms with Gasteiger partial charge < -0.3 is 4.90 Å². The fourth-order valence-corrected chi connectivity index (χ4v) is 2.73. The van der Waals surface area contributed by atoms with Crippen molar-refractivity contribution in [1.82, 2.24) is 19.7 Å². The van der Waals surface area contributed by atoms with E-state index in [1.165, 1.54) is 11.3 Å². The van der Waals surface area contributed by atoms with Crippen LogP contribution in [0.25, 0.3) is 0 Å². The molecular formula is C15H21N5. The first-order chi connectivity index (χ1) is 9.74. The van der Waals surface area contributed by atoms with E-state index in [9.17, 15) is 0 Å². The summed E-state index contributed by atoms with van der Waals surface area (Å²) in [6, 6.07) is 8.62. The molecule has 0 bridgehead atoms. The van der Waals surface area contributed by atoms with Crippen molar-refractivity contribution in [3.63, 3.8) is 0 Å². The predicted molar refractivity (Wildman–Crippen MR) is 79.7 cm³/mol. The average Bonchev–Trinajstić information content (AvgIpc) is 2.86. The summed E-state index contributed by atoms with van der Waals surface area (Å²) in [6.07, 6.45) is 1.62. The van der Waals surface area contributed by atoms with Gasteiger partial charge in [-0.2, -0.15) is 5.10 Å². The SMILES string of the molecule is Cc1ccccc1N1CCN(Cc2ncnn2C)CC1. The molecule has 106 valence electrons. The van der Waals surface area contributed by atoms with Crippen molar-refractivity contribution < 1.29 is 0 Å². The first kappa shape index (κ1) is 13.1. The molecule has 1 saturated heterocycles. The molecule has 2 aromatic rings. The molecule has 0 amide bonds. The smallest absolute Gasteiger partial charge is 0.140 e. The van der Waals surface area contributed by atoms with Gasteiger partial charge in [-0.3, -0.25) is 9.58 Å². The van der Waals surface area contributed by atoms with E-state index < -0.39 is 0 Å². The number of benzene rings is 1. The summed E-state index contributed by atoms with van der Waals surface area (Å²) in [6.45, 7) is 7.35. The van der Waals surface area contributed by atoms with Crippen LogP contribution in [-0.4, -0.2) is 45.8 Å². The van der Waals surface area contributed by atoms with E-state index in [4.69, 9.17) is 0 Å². The highest BCUT2D eigenvalue weighted by Crippen LogP contribution is 2.21. The van der Waals surface area contributed by atoms with Crippen LogP contribution in [0.15, 0.2) is 30.6 Å². The summed E-state index contributed by atoms with van der Waals surface area (Å²) < 4.78 is 1.85. The van der Waals surface area contributed by atoms with E-state index in [0.29, 0.717) is 0 Å². The fraction of sp³-hybridized carbons (Fsp3) is 0.467. The third kappa shape index (κ3) is 2.67. The molecule has 0 spiro atoms. The van der Waals surface area contributed by atoms with Gasteiger partial charge in [-0.1, -0.05) is 18.2 Å². The third-order valence-electron chi connectivity index (χ3n) is 4.00. The number of para-hydroxylation sites is 1. The number of piperazine rings is 1. The molecule has 2 heterocycles. The number of rotatable bonds is 3. The summed E-state index contributed by atoms with van der Waals surface area (Å²) in [5.74, 6) is 1.04. The lowest BCUT2D eigenvalue weighted by molar-refractivity contribution is 0.240. The van der Waals surface area contributed by atoms with Crippen LogP contribution in [0.3, 0.4) is 0 Å². The fourth-order valence-electron chi connectivity index (χ4n) is 2.73. The Hall–Kier alpha value is -1.88. The molecule has 0 N–H and O–H groups in total. The van der Waals surface area contributed by atoms with E-state index in [2.05, 4.69) is 51.1 Å². The van der Waals surface area contributed by atoms with E-state index in [0.717, 1.165) is 38.5 Å². The number of aromatic nitrogens is 3. The summed E-state index contributed by atoms with van der Waals surface area (Å²) >= 11 is 0. The second-order valence-electron chi connectivity index (χ2n) is 5.35. The molecular weight excluding hydrogens is 250 g/mol. The monoisotopic (exact) mass is 271 g/mol. The molecule has 0 radical (unpaired) electrons. The molecule has 0 saturated carbocycles. The summed E-state index contributed by atoms with van der Waals surface area (Å²) in [5, 5.41) is 4.12. The number of aryl methyl sites for hydroxylation is 2. The summed E-state index contributed by atoms with van der Waals surface area (Å²) in [4.78, 5) is 9.22. The van der Waals surface area contributed by atoms with E-state index in [1.54, 1.807) is 6.33 Å². The number of hydrogen-bond donors (Lipinski definition) is 0. The van der Waals surface area contributed by atoms with E-state index in [-0.39, 0.29) is 0 Å². The molecule has 1 aromatic heterocycles. The topological polar surface area (TPSA) is 37.2 Å². The summed E-state index contributed by atoms with van der Waals surface area (Å²) in [5.41, 5.74) is 2.72. The molecule has 5 heteroatoms. The Bertz CT molecular complexity index is 569. The highest BCUT2D eigenvalue weighted by Gasteiger charge is 2.19. The first-order valence-corrected chi connectivity index (χ1v) is 7.10. The van der Waals surface area contributed by atoms with Crippen LogP contribution in [-0.2, 0) is 13.6 Å². The number of anilines is 1. The van der Waals surface area contributed by atoms with Crippen LogP contribution in [0.4, 0.5) is 5.69 Å². The van der Waals surface area contributed by atoms with Gasteiger partial charge in [0.25, 0.3) is 0 Å². The Balaban J connectivity index is 1.60. The predicted octanol–water partition coefficient (Wildman–Crippen LogP) is 1.45. The Labute approximate surface area is 119 Å². The molecule has 0 atom stereocenters. The maximum absolute atomic E-state index is 4.30. The van der Waals surface area contributed by atoms with Gasteiger partial charge in [0.1, 0.15) is 12.2 Å². The van der Waals surface area contributed by atoms with Crippen LogP contribution >= 0.6 is 0 Å². The van der Waals surface area contributed by atoms with Crippen molar-refractivity contribution in [3.8, 4) is 0 Å². The molecule has 0 unspecified atom stereocenters. The second kappa shape index (κ2) is 5.63. The zero-order valence-corrected chi connectivity index (χ0v) is 12.2. The lowest BCUT2D eigenvalue weighted by Crippen LogP contribution is -2.46. The van der Waals surface area contributed by atoms with Crippen molar-refractivity contribution in [2.24, 2.45) is 7.05 Å². The Morgan fingerprint density at radius 3 is 2.50 bits per heavy atom. The van der Waals surface area contributed by atoms with Gasteiger partial charge in [0, 0.05) is 38.9 Å². The van der Waals surface area contributed by atoms with Gasteiger partial charge in [-0.25, -0.2) is 4.98 Å². The Kier molecular flexibility index (Phi) is 3.69. The quantitative estimate of drug-likeness (QED) is 0.846. The van der Waals surface area contributed by atoms with Crippen molar-refractivity contribution in [3.05, 3.63) is 42.0 Å². The molecule has 1 fully saturated rings. The van der Waals surface area contributed by atoms with Crippen molar-refractivity contribution in [2.45, 2.75) is 13.5 Å².